The number of hydrogen-bond donors (Lipinski definition) is 0. The first-order valence-corrected chi connectivity index (χ1v) is 7.25. The minimum Gasteiger partial charge on any atom is -0.294 e. The molecular weight excluding hydrogens is 281 g/mol. The highest BCUT2D eigenvalue weighted by Crippen LogP contribution is 2.32. The molecule has 1 aliphatic rings. The lowest BCUT2D eigenvalue weighted by Crippen LogP contribution is -2.21. The van der Waals surface area contributed by atoms with E-state index in [-0.39, 0.29) is 17.5 Å². The Morgan fingerprint density at radius 1 is 1.23 bits per heavy atom. The van der Waals surface area contributed by atoms with Gasteiger partial charge in [-0.2, -0.15) is 5.10 Å². The molecule has 0 fully saturated rings. The van der Waals surface area contributed by atoms with Gasteiger partial charge in [0.05, 0.1) is 17.0 Å². The van der Waals surface area contributed by atoms with Gasteiger partial charge in [-0.05, 0) is 37.0 Å². The van der Waals surface area contributed by atoms with Crippen LogP contribution in [0, 0.1) is 12.7 Å². The average Bonchev–Trinajstić information content (AvgIpc) is 2.85. The zero-order valence-corrected chi connectivity index (χ0v) is 12.1. The number of aromatic nitrogens is 3. The maximum atomic E-state index is 13.1. The van der Waals surface area contributed by atoms with Crippen molar-refractivity contribution in [2.24, 2.45) is 0 Å². The van der Waals surface area contributed by atoms with E-state index < -0.39 is 0 Å². The fraction of sp³-hybridized carbons (Fsp3) is 0.235. The van der Waals surface area contributed by atoms with Gasteiger partial charge >= 0.3 is 0 Å². The molecule has 0 amide bonds. The average molecular weight is 295 g/mol. The molecular formula is C17H14FN3O. The second-order valence-corrected chi connectivity index (χ2v) is 5.77. The number of aryl methyl sites for hydroxylation is 1. The summed E-state index contributed by atoms with van der Waals surface area (Å²) in [6.07, 6.45) is 2.88. The van der Waals surface area contributed by atoms with Gasteiger partial charge in [-0.25, -0.2) is 13.9 Å². The van der Waals surface area contributed by atoms with Gasteiger partial charge in [-0.15, -0.1) is 0 Å². The van der Waals surface area contributed by atoms with Crippen molar-refractivity contribution in [2.45, 2.75) is 25.7 Å². The summed E-state index contributed by atoms with van der Waals surface area (Å²) in [5, 5.41) is 4.30. The summed E-state index contributed by atoms with van der Waals surface area (Å²) in [7, 11) is 0. The van der Waals surface area contributed by atoms with E-state index in [0.717, 1.165) is 22.6 Å². The minimum absolute atomic E-state index is 0.0552. The number of carbonyl (C=O) groups is 1. The highest BCUT2D eigenvalue weighted by molar-refractivity contribution is 5.98. The van der Waals surface area contributed by atoms with Gasteiger partial charge in [-0.1, -0.05) is 12.1 Å². The van der Waals surface area contributed by atoms with E-state index in [0.29, 0.717) is 18.4 Å². The van der Waals surface area contributed by atoms with E-state index in [1.165, 1.54) is 12.1 Å². The molecule has 0 bridgehead atoms. The number of benzene rings is 1. The number of hydrogen-bond acceptors (Lipinski definition) is 3. The van der Waals surface area contributed by atoms with Gasteiger partial charge in [0.15, 0.2) is 11.4 Å². The highest BCUT2D eigenvalue weighted by Gasteiger charge is 2.28. The van der Waals surface area contributed by atoms with Crippen LogP contribution in [0.2, 0.25) is 0 Å². The topological polar surface area (TPSA) is 47.3 Å². The Bertz CT molecular complexity index is 883. The first-order chi connectivity index (χ1) is 10.6. The number of ketones is 1. The predicted molar refractivity (Wildman–Crippen MR) is 79.5 cm³/mol. The Morgan fingerprint density at radius 2 is 2.00 bits per heavy atom. The van der Waals surface area contributed by atoms with Crippen LogP contribution in [-0.2, 0) is 6.42 Å². The number of Topliss-reactive ketones (excluding diaryl/α,β-unsaturated/α-hetero) is 1. The molecule has 1 aromatic carbocycles. The van der Waals surface area contributed by atoms with Crippen LogP contribution in [0.25, 0.3) is 5.65 Å². The fourth-order valence-electron chi connectivity index (χ4n) is 3.08. The Labute approximate surface area is 126 Å². The van der Waals surface area contributed by atoms with Gasteiger partial charge in [0.25, 0.3) is 0 Å². The van der Waals surface area contributed by atoms with Crippen LogP contribution in [0.15, 0.2) is 36.5 Å². The highest BCUT2D eigenvalue weighted by atomic mass is 19.1. The van der Waals surface area contributed by atoms with Crippen molar-refractivity contribution in [1.82, 2.24) is 14.6 Å². The molecule has 0 aliphatic heterocycles. The molecule has 2 heterocycles. The van der Waals surface area contributed by atoms with E-state index >= 15 is 0 Å². The maximum absolute atomic E-state index is 13.1. The molecule has 4 nitrogen and oxygen atoms in total. The van der Waals surface area contributed by atoms with Crippen LogP contribution in [-0.4, -0.2) is 20.4 Å². The molecule has 2 aromatic heterocycles. The fourth-order valence-corrected chi connectivity index (χ4v) is 3.08. The molecule has 1 atom stereocenters. The van der Waals surface area contributed by atoms with Crippen molar-refractivity contribution in [3.8, 4) is 0 Å². The second kappa shape index (κ2) is 4.73. The Hall–Kier alpha value is -2.56. The van der Waals surface area contributed by atoms with Crippen LogP contribution in [0.1, 0.15) is 39.6 Å². The van der Waals surface area contributed by atoms with E-state index in [9.17, 15) is 9.18 Å². The molecule has 0 spiro atoms. The Balaban J connectivity index is 1.77. The van der Waals surface area contributed by atoms with Crippen molar-refractivity contribution in [3.05, 3.63) is 64.9 Å². The third kappa shape index (κ3) is 2.09. The zero-order chi connectivity index (χ0) is 15.3. The zero-order valence-electron chi connectivity index (χ0n) is 12.1. The lowest BCUT2D eigenvalue weighted by Gasteiger charge is -2.23. The molecule has 0 saturated heterocycles. The van der Waals surface area contributed by atoms with Crippen molar-refractivity contribution in [1.29, 1.82) is 0 Å². The monoisotopic (exact) mass is 295 g/mol. The van der Waals surface area contributed by atoms with Crippen LogP contribution < -0.4 is 0 Å². The number of halogens is 1. The van der Waals surface area contributed by atoms with Gasteiger partial charge in [-0.3, -0.25) is 4.79 Å². The molecule has 1 unspecified atom stereocenters. The molecule has 0 saturated carbocycles. The van der Waals surface area contributed by atoms with E-state index in [4.69, 9.17) is 0 Å². The normalized spacial score (nSPS) is 17.7. The molecule has 0 radical (unpaired) electrons. The lowest BCUT2D eigenvalue weighted by molar-refractivity contribution is 0.0962. The van der Waals surface area contributed by atoms with Crippen molar-refractivity contribution < 1.29 is 9.18 Å². The Morgan fingerprint density at radius 3 is 2.77 bits per heavy atom. The van der Waals surface area contributed by atoms with Crippen molar-refractivity contribution >= 4 is 11.4 Å². The Kier molecular flexibility index (Phi) is 2.82. The number of nitrogens with zero attached hydrogens (tertiary/aromatic N) is 3. The third-order valence-electron chi connectivity index (χ3n) is 4.16. The largest absolute Gasteiger partial charge is 0.294 e. The first-order valence-electron chi connectivity index (χ1n) is 7.25. The summed E-state index contributed by atoms with van der Waals surface area (Å²) in [6.45, 7) is 1.90. The molecule has 110 valence electrons. The van der Waals surface area contributed by atoms with Crippen LogP contribution in [0.3, 0.4) is 0 Å². The number of carbonyl (C=O) groups excluding carboxylic acids is 1. The maximum Gasteiger partial charge on any atom is 0.166 e. The van der Waals surface area contributed by atoms with E-state index in [1.807, 2.05) is 13.0 Å². The second-order valence-electron chi connectivity index (χ2n) is 5.77. The summed E-state index contributed by atoms with van der Waals surface area (Å²) in [5.41, 5.74) is 4.06. The summed E-state index contributed by atoms with van der Waals surface area (Å²) in [5.74, 6) is -0.140. The summed E-state index contributed by atoms with van der Waals surface area (Å²) in [4.78, 5) is 17.0. The number of rotatable bonds is 1. The number of fused-ring (bicyclic) bond motifs is 2. The SMILES string of the molecule is Cc1cc2nc3c(cn2n1)C(=O)CC(c1ccc(F)cc1)C3. The van der Waals surface area contributed by atoms with Crippen molar-refractivity contribution in [2.75, 3.05) is 0 Å². The molecule has 1 aliphatic carbocycles. The first kappa shape index (κ1) is 13.1. The van der Waals surface area contributed by atoms with Crippen molar-refractivity contribution in [3.63, 3.8) is 0 Å². The summed E-state index contributed by atoms with van der Waals surface area (Å²) in [6, 6.07) is 8.27. The van der Waals surface area contributed by atoms with Crippen LogP contribution in [0.5, 0.6) is 0 Å². The lowest BCUT2D eigenvalue weighted by atomic mass is 9.82. The van der Waals surface area contributed by atoms with Gasteiger partial charge in [0, 0.05) is 18.7 Å². The van der Waals surface area contributed by atoms with Gasteiger partial charge < -0.3 is 0 Å². The van der Waals surface area contributed by atoms with E-state index in [2.05, 4.69) is 10.1 Å². The molecule has 3 aromatic rings. The smallest absolute Gasteiger partial charge is 0.166 e. The van der Waals surface area contributed by atoms with E-state index in [1.54, 1.807) is 22.8 Å². The molecule has 22 heavy (non-hydrogen) atoms. The van der Waals surface area contributed by atoms with Crippen LogP contribution >= 0.6 is 0 Å². The minimum atomic E-state index is -0.263. The third-order valence-corrected chi connectivity index (χ3v) is 4.16. The van der Waals surface area contributed by atoms with Crippen LogP contribution in [0.4, 0.5) is 4.39 Å². The van der Waals surface area contributed by atoms with Gasteiger partial charge in [0.1, 0.15) is 5.82 Å². The molecule has 5 heteroatoms. The molecule has 4 rings (SSSR count). The summed E-state index contributed by atoms with van der Waals surface area (Å²) < 4.78 is 14.7. The molecule has 0 N–H and O–H groups in total. The summed E-state index contributed by atoms with van der Waals surface area (Å²) >= 11 is 0. The van der Waals surface area contributed by atoms with Gasteiger partial charge in [0.2, 0.25) is 0 Å². The predicted octanol–water partition coefficient (Wildman–Crippen LogP) is 3.09. The quantitative estimate of drug-likeness (QED) is 0.693. The standard InChI is InChI=1S/C17H14FN3O/c1-10-6-17-19-15-7-12(11-2-4-13(18)5-3-11)8-16(22)14(15)9-21(17)20-10/h2-6,9,12H,7-8H2,1H3.